The first-order valence-electron chi connectivity index (χ1n) is 7.19. The lowest BCUT2D eigenvalue weighted by atomic mass is 9.90. The molecular formula is C20H15Br. The minimum atomic E-state index is 0.378. The van der Waals surface area contributed by atoms with Crippen LogP contribution < -0.4 is 0 Å². The molecule has 0 heterocycles. The maximum atomic E-state index is 3.58. The van der Waals surface area contributed by atoms with E-state index in [1.54, 1.807) is 0 Å². The number of allylic oxidation sites excluding steroid dienone is 1. The lowest BCUT2D eigenvalue weighted by molar-refractivity contribution is 1.05. The summed E-state index contributed by atoms with van der Waals surface area (Å²) in [5.41, 5.74) is 5.47. The zero-order chi connectivity index (χ0) is 14.4. The lowest BCUT2D eigenvalue weighted by Crippen LogP contribution is -1.97. The fraction of sp³-hybridized carbons (Fsp3) is 0.100. The molecule has 0 saturated heterocycles. The Labute approximate surface area is 133 Å². The van der Waals surface area contributed by atoms with Gasteiger partial charge in [0.15, 0.2) is 0 Å². The van der Waals surface area contributed by atoms with Gasteiger partial charge in [0.1, 0.15) is 0 Å². The summed E-state index contributed by atoms with van der Waals surface area (Å²) in [6, 6.07) is 19.8. The predicted octanol–water partition coefficient (Wildman–Crippen LogP) is 6.07. The molecule has 1 unspecified atom stereocenters. The van der Waals surface area contributed by atoms with Crippen molar-refractivity contribution in [1.29, 1.82) is 0 Å². The third-order valence-electron chi connectivity index (χ3n) is 4.30. The van der Waals surface area contributed by atoms with Crippen molar-refractivity contribution in [3.8, 4) is 0 Å². The second-order valence-corrected chi connectivity index (χ2v) is 6.58. The molecule has 1 heteroatoms. The number of fused-ring (bicyclic) bond motifs is 2. The van der Waals surface area contributed by atoms with Gasteiger partial charge in [-0.3, -0.25) is 0 Å². The van der Waals surface area contributed by atoms with E-state index in [1.165, 1.54) is 33.0 Å². The van der Waals surface area contributed by atoms with Crippen LogP contribution >= 0.6 is 15.9 Å². The summed E-state index contributed by atoms with van der Waals surface area (Å²) >= 11 is 3.58. The van der Waals surface area contributed by atoms with Gasteiger partial charge in [-0.1, -0.05) is 70.5 Å². The van der Waals surface area contributed by atoms with Crippen LogP contribution in [0.5, 0.6) is 0 Å². The number of halogens is 1. The monoisotopic (exact) mass is 334 g/mol. The lowest BCUT2D eigenvalue weighted by Gasteiger charge is -2.14. The number of rotatable bonds is 1. The molecule has 4 rings (SSSR count). The van der Waals surface area contributed by atoms with Gasteiger partial charge in [0.25, 0.3) is 0 Å². The number of hydrogen-bond acceptors (Lipinski definition) is 0. The molecular weight excluding hydrogens is 320 g/mol. The summed E-state index contributed by atoms with van der Waals surface area (Å²) in [6.07, 6.45) is 4.55. The van der Waals surface area contributed by atoms with Crippen LogP contribution in [0.25, 0.3) is 16.8 Å². The normalized spacial score (nSPS) is 16.4. The summed E-state index contributed by atoms with van der Waals surface area (Å²) in [4.78, 5) is 0. The number of benzene rings is 3. The summed E-state index contributed by atoms with van der Waals surface area (Å²) in [5.74, 6) is 0.378. The topological polar surface area (TPSA) is 0 Å². The first kappa shape index (κ1) is 12.8. The molecule has 0 aliphatic heterocycles. The maximum absolute atomic E-state index is 3.58. The van der Waals surface area contributed by atoms with Crippen molar-refractivity contribution in [2.45, 2.75) is 12.8 Å². The Kier molecular flexibility index (Phi) is 2.97. The quantitative estimate of drug-likeness (QED) is 0.506. The van der Waals surface area contributed by atoms with Gasteiger partial charge in [0.05, 0.1) is 0 Å². The van der Waals surface area contributed by atoms with Gasteiger partial charge in [-0.05, 0) is 52.1 Å². The molecule has 0 N–H and O–H groups in total. The first-order valence-corrected chi connectivity index (χ1v) is 7.98. The van der Waals surface area contributed by atoms with E-state index in [0.717, 1.165) is 4.47 Å². The average Bonchev–Trinajstić information content (AvgIpc) is 2.90. The van der Waals surface area contributed by atoms with E-state index >= 15 is 0 Å². The molecule has 0 spiro atoms. The van der Waals surface area contributed by atoms with Gasteiger partial charge < -0.3 is 0 Å². The Morgan fingerprint density at radius 2 is 1.81 bits per heavy atom. The zero-order valence-corrected chi connectivity index (χ0v) is 13.4. The highest BCUT2D eigenvalue weighted by Gasteiger charge is 2.19. The van der Waals surface area contributed by atoms with Crippen molar-refractivity contribution < 1.29 is 0 Å². The molecule has 0 bridgehead atoms. The van der Waals surface area contributed by atoms with Crippen LogP contribution in [0, 0.1) is 6.92 Å². The molecule has 0 saturated carbocycles. The highest BCUT2D eigenvalue weighted by atomic mass is 79.9. The van der Waals surface area contributed by atoms with Crippen LogP contribution in [-0.4, -0.2) is 0 Å². The smallest absolute Gasteiger partial charge is 0.0279 e. The van der Waals surface area contributed by atoms with E-state index < -0.39 is 0 Å². The summed E-state index contributed by atoms with van der Waals surface area (Å²) in [6.45, 7) is 2.20. The summed E-state index contributed by atoms with van der Waals surface area (Å²) < 4.78 is 1.13. The maximum Gasteiger partial charge on any atom is 0.0279 e. The van der Waals surface area contributed by atoms with E-state index in [4.69, 9.17) is 0 Å². The van der Waals surface area contributed by atoms with Crippen LogP contribution in [0.1, 0.15) is 28.2 Å². The van der Waals surface area contributed by atoms with Crippen molar-refractivity contribution in [3.63, 3.8) is 0 Å². The van der Waals surface area contributed by atoms with Gasteiger partial charge in [-0.15, -0.1) is 0 Å². The Morgan fingerprint density at radius 1 is 0.952 bits per heavy atom. The molecule has 1 atom stereocenters. The van der Waals surface area contributed by atoms with E-state index in [2.05, 4.69) is 89.6 Å². The highest BCUT2D eigenvalue weighted by molar-refractivity contribution is 9.10. The molecule has 1 aliphatic carbocycles. The molecule has 102 valence electrons. The fourth-order valence-electron chi connectivity index (χ4n) is 3.28. The third kappa shape index (κ3) is 2.13. The molecule has 3 aromatic carbocycles. The fourth-order valence-corrected chi connectivity index (χ4v) is 3.66. The molecule has 0 amide bonds. The second kappa shape index (κ2) is 4.85. The third-order valence-corrected chi connectivity index (χ3v) is 4.80. The van der Waals surface area contributed by atoms with Crippen LogP contribution in [0.3, 0.4) is 0 Å². The molecule has 21 heavy (non-hydrogen) atoms. The second-order valence-electron chi connectivity index (χ2n) is 5.67. The minimum absolute atomic E-state index is 0.378. The Morgan fingerprint density at radius 3 is 2.71 bits per heavy atom. The van der Waals surface area contributed by atoms with Gasteiger partial charge >= 0.3 is 0 Å². The number of hydrogen-bond donors (Lipinski definition) is 0. The van der Waals surface area contributed by atoms with E-state index in [0.29, 0.717) is 5.92 Å². The average molecular weight is 335 g/mol. The van der Waals surface area contributed by atoms with Crippen LogP contribution in [0.2, 0.25) is 0 Å². The van der Waals surface area contributed by atoms with Crippen molar-refractivity contribution in [3.05, 3.63) is 87.4 Å². The molecule has 0 aromatic heterocycles. The molecule has 1 aliphatic rings. The van der Waals surface area contributed by atoms with E-state index in [1.807, 2.05) is 0 Å². The molecule has 0 nitrogen and oxygen atoms in total. The van der Waals surface area contributed by atoms with Crippen molar-refractivity contribution >= 4 is 32.8 Å². The number of aryl methyl sites for hydroxylation is 1. The Hall–Kier alpha value is -1.86. The van der Waals surface area contributed by atoms with Crippen molar-refractivity contribution in [2.75, 3.05) is 0 Å². The highest BCUT2D eigenvalue weighted by Crippen LogP contribution is 2.37. The SMILES string of the molecule is Cc1cc(C2C=Cc3ccccc32)cc2cc(Br)ccc12. The molecule has 0 fully saturated rings. The van der Waals surface area contributed by atoms with Gasteiger partial charge in [-0.25, -0.2) is 0 Å². The van der Waals surface area contributed by atoms with Gasteiger partial charge in [0, 0.05) is 10.4 Å². The summed E-state index contributed by atoms with van der Waals surface area (Å²) in [7, 11) is 0. The van der Waals surface area contributed by atoms with Crippen molar-refractivity contribution in [1.82, 2.24) is 0 Å². The predicted molar refractivity (Wildman–Crippen MR) is 93.7 cm³/mol. The van der Waals surface area contributed by atoms with Gasteiger partial charge in [-0.2, -0.15) is 0 Å². The molecule has 0 radical (unpaired) electrons. The van der Waals surface area contributed by atoms with Crippen LogP contribution in [-0.2, 0) is 0 Å². The summed E-state index contributed by atoms with van der Waals surface area (Å²) in [5, 5.41) is 2.63. The van der Waals surface area contributed by atoms with E-state index in [9.17, 15) is 0 Å². The molecule has 3 aromatic rings. The standard InChI is InChI=1S/C20H15Br/c1-13-10-15(11-16-12-17(21)7-9-18(13)16)20-8-6-14-4-2-3-5-19(14)20/h2-12,20H,1H3. The largest absolute Gasteiger partial charge is 0.0720 e. The Bertz CT molecular complexity index is 874. The van der Waals surface area contributed by atoms with Crippen LogP contribution in [0.4, 0.5) is 0 Å². The van der Waals surface area contributed by atoms with Crippen LogP contribution in [0.15, 0.2) is 65.1 Å². The van der Waals surface area contributed by atoms with Gasteiger partial charge in [0.2, 0.25) is 0 Å². The first-order chi connectivity index (χ1) is 10.2. The van der Waals surface area contributed by atoms with E-state index in [-0.39, 0.29) is 0 Å². The minimum Gasteiger partial charge on any atom is -0.0720 e. The Balaban J connectivity index is 1.91. The zero-order valence-electron chi connectivity index (χ0n) is 11.8. The van der Waals surface area contributed by atoms with Crippen molar-refractivity contribution in [2.24, 2.45) is 0 Å².